The van der Waals surface area contributed by atoms with Crippen LogP contribution in [0, 0.1) is 20.8 Å². The largest absolute Gasteiger partial charge is 0.297 e. The Morgan fingerprint density at radius 3 is 2.86 bits per heavy atom. The van der Waals surface area contributed by atoms with E-state index in [-0.39, 0.29) is 5.56 Å². The molecule has 1 aliphatic heterocycles. The van der Waals surface area contributed by atoms with Gasteiger partial charge in [0.05, 0.1) is 17.0 Å². The molecule has 3 aromatic heterocycles. The molecule has 1 N–H and O–H groups in total. The molecule has 28 heavy (non-hydrogen) atoms. The first kappa shape index (κ1) is 18.9. The first-order valence-electron chi connectivity index (χ1n) is 9.53. The van der Waals surface area contributed by atoms with Gasteiger partial charge < -0.3 is 0 Å². The predicted octanol–water partition coefficient (Wildman–Crippen LogP) is 2.33. The maximum atomic E-state index is 12.6. The highest BCUT2D eigenvalue weighted by molar-refractivity contribution is 7.13. The molecule has 0 spiro atoms. The van der Waals surface area contributed by atoms with Crippen LogP contribution in [0.2, 0.25) is 0 Å². The Morgan fingerprint density at radius 2 is 2.11 bits per heavy atom. The van der Waals surface area contributed by atoms with E-state index in [1.165, 1.54) is 16.0 Å². The van der Waals surface area contributed by atoms with Gasteiger partial charge in [-0.25, -0.2) is 14.6 Å². The summed E-state index contributed by atoms with van der Waals surface area (Å²) in [5.41, 5.74) is 3.33. The lowest BCUT2D eigenvalue weighted by molar-refractivity contribution is 0.195. The van der Waals surface area contributed by atoms with Gasteiger partial charge in [-0.15, -0.1) is 11.3 Å². The Morgan fingerprint density at radius 1 is 1.29 bits per heavy atom. The molecule has 3 aromatic rings. The topological polar surface area (TPSA) is 92.6 Å². The average Bonchev–Trinajstić information content (AvgIpc) is 3.30. The van der Waals surface area contributed by atoms with Gasteiger partial charge in [-0.1, -0.05) is 0 Å². The Balaban J connectivity index is 1.52. The second kappa shape index (κ2) is 7.56. The lowest BCUT2D eigenvalue weighted by atomic mass is 9.97. The maximum Gasteiger partial charge on any atom is 0.277 e. The van der Waals surface area contributed by atoms with Crippen molar-refractivity contribution in [1.82, 2.24) is 34.8 Å². The minimum absolute atomic E-state index is 0.0954. The minimum Gasteiger partial charge on any atom is -0.297 e. The molecule has 1 atom stereocenters. The van der Waals surface area contributed by atoms with E-state index in [0.29, 0.717) is 11.5 Å². The van der Waals surface area contributed by atoms with E-state index in [0.717, 1.165) is 66.1 Å². The van der Waals surface area contributed by atoms with Crippen molar-refractivity contribution in [3.63, 3.8) is 0 Å². The molecular weight excluding hydrogens is 374 g/mol. The van der Waals surface area contributed by atoms with Crippen LogP contribution in [0.5, 0.6) is 0 Å². The molecule has 8 nitrogen and oxygen atoms in total. The number of thiazole rings is 1. The SMILES string of the molecule is Cc1nc([C@@H]2CCCN(Cc3csc(-c4c(C)c(C)nn(C)c4=O)n3)C2)n[nH]1. The summed E-state index contributed by atoms with van der Waals surface area (Å²) in [5.74, 6) is 2.13. The molecule has 148 valence electrons. The fourth-order valence-electron chi connectivity index (χ4n) is 3.78. The number of aromatic amines is 1. The number of rotatable bonds is 4. The number of aromatic nitrogens is 6. The lowest BCUT2D eigenvalue weighted by Crippen LogP contribution is -2.34. The second-order valence-corrected chi connectivity index (χ2v) is 8.37. The van der Waals surface area contributed by atoms with E-state index in [9.17, 15) is 4.79 Å². The number of hydrogen-bond donors (Lipinski definition) is 1. The van der Waals surface area contributed by atoms with Crippen molar-refractivity contribution in [2.24, 2.45) is 7.05 Å². The highest BCUT2D eigenvalue weighted by atomic mass is 32.1. The first-order chi connectivity index (χ1) is 13.4. The molecule has 0 amide bonds. The second-order valence-electron chi connectivity index (χ2n) is 7.51. The van der Waals surface area contributed by atoms with Gasteiger partial charge in [0, 0.05) is 31.4 Å². The summed E-state index contributed by atoms with van der Waals surface area (Å²) >= 11 is 1.53. The fourth-order valence-corrected chi connectivity index (χ4v) is 4.68. The molecule has 9 heteroatoms. The number of likely N-dealkylation sites (tertiary alicyclic amines) is 1. The fraction of sp³-hybridized carbons (Fsp3) is 0.526. The van der Waals surface area contributed by atoms with Crippen molar-refractivity contribution in [3.05, 3.63) is 44.3 Å². The van der Waals surface area contributed by atoms with Crippen LogP contribution in [0.15, 0.2) is 10.2 Å². The van der Waals surface area contributed by atoms with Gasteiger partial charge in [-0.3, -0.25) is 14.8 Å². The summed E-state index contributed by atoms with van der Waals surface area (Å²) in [5, 5.41) is 14.4. The zero-order valence-corrected chi connectivity index (χ0v) is 17.5. The molecule has 0 saturated carbocycles. The molecule has 0 radical (unpaired) electrons. The molecule has 4 heterocycles. The van der Waals surface area contributed by atoms with E-state index >= 15 is 0 Å². The Labute approximate surface area is 167 Å². The monoisotopic (exact) mass is 399 g/mol. The third-order valence-corrected chi connectivity index (χ3v) is 6.27. The highest BCUT2D eigenvalue weighted by Gasteiger charge is 2.25. The quantitative estimate of drug-likeness (QED) is 0.724. The maximum absolute atomic E-state index is 12.6. The summed E-state index contributed by atoms with van der Waals surface area (Å²) in [7, 11) is 1.69. The Bertz CT molecular complexity index is 1050. The zero-order valence-electron chi connectivity index (χ0n) is 16.7. The standard InChI is InChI=1S/C19H25N7OS/c1-11-12(2)24-25(4)19(27)16(11)18-21-15(10-28-18)9-26-7-5-6-14(8-26)17-20-13(3)22-23-17/h10,14H,5-9H2,1-4H3,(H,20,22,23)/t14-/m1/s1. The van der Waals surface area contributed by atoms with Crippen molar-refractivity contribution in [2.75, 3.05) is 13.1 Å². The van der Waals surface area contributed by atoms with Crippen LogP contribution < -0.4 is 5.56 Å². The van der Waals surface area contributed by atoms with E-state index < -0.39 is 0 Å². The third kappa shape index (κ3) is 3.64. The molecule has 0 bridgehead atoms. The molecule has 0 aliphatic carbocycles. The molecule has 4 rings (SSSR count). The van der Waals surface area contributed by atoms with E-state index in [1.54, 1.807) is 7.05 Å². The van der Waals surface area contributed by atoms with Crippen molar-refractivity contribution < 1.29 is 0 Å². The summed E-state index contributed by atoms with van der Waals surface area (Å²) in [6, 6.07) is 0. The third-order valence-electron chi connectivity index (χ3n) is 5.36. The molecule has 0 aromatic carbocycles. The average molecular weight is 400 g/mol. The molecular formula is C19H25N7OS. The number of nitrogens with one attached hydrogen (secondary N) is 1. The Kier molecular flexibility index (Phi) is 5.11. The summed E-state index contributed by atoms with van der Waals surface area (Å²) < 4.78 is 1.40. The van der Waals surface area contributed by atoms with Crippen molar-refractivity contribution >= 4 is 11.3 Å². The predicted molar refractivity (Wildman–Crippen MR) is 108 cm³/mol. The lowest BCUT2D eigenvalue weighted by Gasteiger charge is -2.30. The van der Waals surface area contributed by atoms with Gasteiger partial charge in [0.15, 0.2) is 5.82 Å². The summed E-state index contributed by atoms with van der Waals surface area (Å²) in [4.78, 5) is 24.3. The van der Waals surface area contributed by atoms with Crippen LogP contribution >= 0.6 is 11.3 Å². The van der Waals surface area contributed by atoms with Crippen LogP contribution in [-0.4, -0.2) is 47.9 Å². The molecule has 1 aliphatic rings. The van der Waals surface area contributed by atoms with Crippen LogP contribution in [0.4, 0.5) is 0 Å². The molecule has 0 unspecified atom stereocenters. The zero-order chi connectivity index (χ0) is 19.8. The minimum atomic E-state index is -0.0954. The van der Waals surface area contributed by atoms with Gasteiger partial charge >= 0.3 is 0 Å². The highest BCUT2D eigenvalue weighted by Crippen LogP contribution is 2.28. The van der Waals surface area contributed by atoms with Gasteiger partial charge in [0.25, 0.3) is 5.56 Å². The van der Waals surface area contributed by atoms with Crippen LogP contribution in [0.1, 0.15) is 47.4 Å². The molecule has 1 fully saturated rings. The normalized spacial score (nSPS) is 17.9. The molecule has 1 saturated heterocycles. The van der Waals surface area contributed by atoms with Gasteiger partial charge in [-0.05, 0) is 45.7 Å². The summed E-state index contributed by atoms with van der Waals surface area (Å²) in [6.07, 6.45) is 2.24. The van der Waals surface area contributed by atoms with Gasteiger partial charge in [-0.2, -0.15) is 10.2 Å². The van der Waals surface area contributed by atoms with E-state index in [1.807, 2.05) is 20.8 Å². The number of aryl methyl sites for hydroxylation is 3. The number of H-pyrrole nitrogens is 1. The van der Waals surface area contributed by atoms with Crippen molar-refractivity contribution in [3.8, 4) is 10.6 Å². The number of hydrogen-bond acceptors (Lipinski definition) is 7. The Hall–Kier alpha value is -2.39. The van der Waals surface area contributed by atoms with E-state index in [2.05, 4.69) is 30.6 Å². The van der Waals surface area contributed by atoms with Gasteiger partial charge in [0.1, 0.15) is 10.8 Å². The first-order valence-corrected chi connectivity index (χ1v) is 10.4. The van der Waals surface area contributed by atoms with Gasteiger partial charge in [0.2, 0.25) is 0 Å². The van der Waals surface area contributed by atoms with Crippen LogP contribution in [0.3, 0.4) is 0 Å². The van der Waals surface area contributed by atoms with Crippen LogP contribution in [0.25, 0.3) is 10.6 Å². The van der Waals surface area contributed by atoms with Crippen LogP contribution in [-0.2, 0) is 13.6 Å². The number of piperidine rings is 1. The summed E-state index contributed by atoms with van der Waals surface area (Å²) in [6.45, 7) is 8.54. The number of nitrogens with zero attached hydrogens (tertiary/aromatic N) is 6. The van der Waals surface area contributed by atoms with E-state index in [4.69, 9.17) is 4.98 Å². The smallest absolute Gasteiger partial charge is 0.277 e. The van der Waals surface area contributed by atoms with Crippen molar-refractivity contribution in [2.45, 2.75) is 46.1 Å². The van der Waals surface area contributed by atoms with Crippen molar-refractivity contribution in [1.29, 1.82) is 0 Å².